The summed E-state index contributed by atoms with van der Waals surface area (Å²) in [6.07, 6.45) is 6.61. The van der Waals surface area contributed by atoms with Crippen LogP contribution in [-0.2, 0) is 19.7 Å². The molecule has 26 heavy (non-hydrogen) atoms. The summed E-state index contributed by atoms with van der Waals surface area (Å²) < 4.78 is 22.0. The molecule has 0 saturated carbocycles. The maximum atomic E-state index is 13.0. The quantitative estimate of drug-likeness (QED) is 0.519. The number of hydrogen-bond donors (Lipinski definition) is 1. The maximum Gasteiger partial charge on any atom is 0.124 e. The molecule has 0 aliphatic rings. The molecule has 0 spiro atoms. The smallest absolute Gasteiger partial charge is 0.124 e. The van der Waals surface area contributed by atoms with Crippen molar-refractivity contribution in [2.24, 2.45) is 0 Å². The average molecular weight is 418 g/mol. The molecule has 136 valence electrons. The molecule has 0 unspecified atom stereocenters. The van der Waals surface area contributed by atoms with Gasteiger partial charge in [0, 0.05) is 35.5 Å². The molecule has 0 aliphatic carbocycles. The number of imidazole rings is 1. The number of benzene rings is 2. The van der Waals surface area contributed by atoms with E-state index in [1.807, 2.05) is 24.7 Å². The monoisotopic (exact) mass is 417 g/mol. The van der Waals surface area contributed by atoms with Gasteiger partial charge in [0.15, 0.2) is 0 Å². The van der Waals surface area contributed by atoms with Crippen LogP contribution in [-0.4, -0.2) is 16.1 Å². The van der Waals surface area contributed by atoms with Crippen LogP contribution >= 0.6 is 15.9 Å². The van der Waals surface area contributed by atoms with Crippen molar-refractivity contribution in [2.75, 3.05) is 6.54 Å². The lowest BCUT2D eigenvalue weighted by molar-refractivity contribution is 0.302. The lowest BCUT2D eigenvalue weighted by atomic mass is 10.2. The van der Waals surface area contributed by atoms with Gasteiger partial charge in [0.2, 0.25) is 0 Å². The van der Waals surface area contributed by atoms with Gasteiger partial charge in [-0.25, -0.2) is 9.37 Å². The average Bonchev–Trinajstić information content (AvgIpc) is 3.15. The predicted molar refractivity (Wildman–Crippen MR) is 103 cm³/mol. The largest absolute Gasteiger partial charge is 0.489 e. The number of halogens is 2. The minimum absolute atomic E-state index is 0.238. The maximum absolute atomic E-state index is 13.0. The highest BCUT2D eigenvalue weighted by Gasteiger charge is 2.06. The molecule has 0 atom stereocenters. The van der Waals surface area contributed by atoms with E-state index in [9.17, 15) is 4.39 Å². The standard InChI is InChI=1S/C20H21BrFN3O/c21-18-4-7-20(26-14-16-2-5-19(22)6-3-16)17(12-18)13-23-8-1-10-25-11-9-24-15-25/h2-7,9,11-12,15,23H,1,8,10,13-14H2. The highest BCUT2D eigenvalue weighted by Crippen LogP contribution is 2.24. The molecular formula is C20H21BrFN3O. The molecule has 1 heterocycles. The first-order chi connectivity index (χ1) is 12.7. The summed E-state index contributed by atoms with van der Waals surface area (Å²) in [6, 6.07) is 12.3. The Kier molecular flexibility index (Phi) is 6.80. The highest BCUT2D eigenvalue weighted by atomic mass is 79.9. The number of hydrogen-bond acceptors (Lipinski definition) is 3. The molecule has 0 aliphatic heterocycles. The summed E-state index contributed by atoms with van der Waals surface area (Å²) in [5, 5.41) is 3.45. The predicted octanol–water partition coefficient (Wildman–Crippen LogP) is 4.54. The van der Waals surface area contributed by atoms with Gasteiger partial charge in [-0.1, -0.05) is 28.1 Å². The van der Waals surface area contributed by atoms with Gasteiger partial charge in [-0.15, -0.1) is 0 Å². The number of ether oxygens (including phenoxy) is 1. The first kappa shape index (κ1) is 18.6. The fraction of sp³-hybridized carbons (Fsp3) is 0.250. The number of nitrogens with one attached hydrogen (secondary N) is 1. The van der Waals surface area contributed by atoms with Crippen molar-refractivity contribution in [3.63, 3.8) is 0 Å². The van der Waals surface area contributed by atoms with Gasteiger partial charge >= 0.3 is 0 Å². The van der Waals surface area contributed by atoms with E-state index in [0.29, 0.717) is 6.61 Å². The second-order valence-electron chi connectivity index (χ2n) is 6.00. The van der Waals surface area contributed by atoms with E-state index in [0.717, 1.165) is 47.4 Å². The van der Waals surface area contributed by atoms with Crippen LogP contribution < -0.4 is 10.1 Å². The first-order valence-electron chi connectivity index (χ1n) is 8.53. The molecule has 0 radical (unpaired) electrons. The second-order valence-corrected chi connectivity index (χ2v) is 6.91. The zero-order chi connectivity index (χ0) is 18.2. The number of aryl methyl sites for hydroxylation is 1. The van der Waals surface area contributed by atoms with Crippen LogP contribution in [0.5, 0.6) is 5.75 Å². The van der Waals surface area contributed by atoms with Gasteiger partial charge in [-0.2, -0.15) is 0 Å². The van der Waals surface area contributed by atoms with Gasteiger partial charge in [-0.3, -0.25) is 0 Å². The Labute approximate surface area is 161 Å². The minimum atomic E-state index is -0.238. The van der Waals surface area contributed by atoms with E-state index < -0.39 is 0 Å². The topological polar surface area (TPSA) is 39.1 Å². The third-order valence-corrected chi connectivity index (χ3v) is 4.47. The van der Waals surface area contributed by atoms with Crippen molar-refractivity contribution in [3.8, 4) is 5.75 Å². The van der Waals surface area contributed by atoms with Crippen LogP contribution in [0.3, 0.4) is 0 Å². The first-order valence-corrected chi connectivity index (χ1v) is 9.32. The molecule has 3 rings (SSSR count). The molecule has 0 saturated heterocycles. The summed E-state index contributed by atoms with van der Waals surface area (Å²) in [5.74, 6) is 0.595. The summed E-state index contributed by atoms with van der Waals surface area (Å²) in [5.41, 5.74) is 2.03. The van der Waals surface area contributed by atoms with E-state index in [4.69, 9.17) is 4.74 Å². The Balaban J connectivity index is 1.51. The molecule has 2 aromatic carbocycles. The second kappa shape index (κ2) is 9.50. The summed E-state index contributed by atoms with van der Waals surface area (Å²) in [7, 11) is 0. The van der Waals surface area contributed by atoms with Crippen LogP contribution in [0.4, 0.5) is 4.39 Å². The van der Waals surface area contributed by atoms with Crippen LogP contribution in [0.25, 0.3) is 0 Å². The van der Waals surface area contributed by atoms with Gasteiger partial charge in [0.1, 0.15) is 18.2 Å². The molecular weight excluding hydrogens is 397 g/mol. The van der Waals surface area contributed by atoms with E-state index in [1.165, 1.54) is 12.1 Å². The zero-order valence-corrected chi connectivity index (χ0v) is 16.0. The van der Waals surface area contributed by atoms with Gasteiger partial charge < -0.3 is 14.6 Å². The van der Waals surface area contributed by atoms with Crippen molar-refractivity contribution >= 4 is 15.9 Å². The number of rotatable bonds is 9. The van der Waals surface area contributed by atoms with Gasteiger partial charge in [0.05, 0.1) is 6.33 Å². The normalized spacial score (nSPS) is 10.8. The van der Waals surface area contributed by atoms with Crippen molar-refractivity contribution in [1.82, 2.24) is 14.9 Å². The molecule has 0 amide bonds. The highest BCUT2D eigenvalue weighted by molar-refractivity contribution is 9.10. The van der Waals surface area contributed by atoms with Crippen molar-refractivity contribution < 1.29 is 9.13 Å². The van der Waals surface area contributed by atoms with Crippen molar-refractivity contribution in [3.05, 3.63) is 82.6 Å². The molecule has 1 aromatic heterocycles. The van der Waals surface area contributed by atoms with E-state index >= 15 is 0 Å². The van der Waals surface area contributed by atoms with E-state index in [-0.39, 0.29) is 5.82 Å². The third-order valence-electron chi connectivity index (χ3n) is 3.97. The molecule has 1 N–H and O–H groups in total. The Hall–Kier alpha value is -2.18. The van der Waals surface area contributed by atoms with E-state index in [1.54, 1.807) is 18.3 Å². The minimum Gasteiger partial charge on any atom is -0.489 e. The van der Waals surface area contributed by atoms with Crippen LogP contribution in [0, 0.1) is 5.82 Å². The van der Waals surface area contributed by atoms with Crippen LogP contribution in [0.15, 0.2) is 65.7 Å². The molecule has 0 fully saturated rings. The summed E-state index contributed by atoms with van der Waals surface area (Å²) in [4.78, 5) is 4.04. The summed E-state index contributed by atoms with van der Waals surface area (Å²) >= 11 is 3.51. The van der Waals surface area contributed by atoms with E-state index in [2.05, 4.69) is 36.9 Å². The van der Waals surface area contributed by atoms with Gasteiger partial charge in [-0.05, 0) is 48.9 Å². The fourth-order valence-electron chi connectivity index (χ4n) is 2.60. The fourth-order valence-corrected chi connectivity index (χ4v) is 3.01. The lowest BCUT2D eigenvalue weighted by Gasteiger charge is -2.13. The lowest BCUT2D eigenvalue weighted by Crippen LogP contribution is -2.17. The van der Waals surface area contributed by atoms with Crippen LogP contribution in [0.1, 0.15) is 17.5 Å². The zero-order valence-electron chi connectivity index (χ0n) is 14.4. The Morgan fingerprint density at radius 2 is 2.00 bits per heavy atom. The SMILES string of the molecule is Fc1ccc(COc2ccc(Br)cc2CNCCCn2ccnc2)cc1. The van der Waals surface area contributed by atoms with Crippen LogP contribution in [0.2, 0.25) is 0 Å². The van der Waals surface area contributed by atoms with Crippen molar-refractivity contribution in [2.45, 2.75) is 26.1 Å². The molecule has 3 aromatic rings. The third kappa shape index (κ3) is 5.68. The molecule has 6 heteroatoms. The number of nitrogens with zero attached hydrogens (tertiary/aromatic N) is 2. The Morgan fingerprint density at radius 3 is 2.77 bits per heavy atom. The Bertz CT molecular complexity index is 806. The van der Waals surface area contributed by atoms with Gasteiger partial charge in [0.25, 0.3) is 0 Å². The molecule has 0 bridgehead atoms. The Morgan fingerprint density at radius 1 is 1.15 bits per heavy atom. The van der Waals surface area contributed by atoms with Crippen molar-refractivity contribution in [1.29, 1.82) is 0 Å². The number of aromatic nitrogens is 2. The summed E-state index contributed by atoms with van der Waals surface area (Å²) in [6.45, 7) is 2.99. The molecule has 4 nitrogen and oxygen atoms in total.